The largest absolute Gasteiger partial charge is 0.306 e. The highest BCUT2D eigenvalue weighted by molar-refractivity contribution is 6.30. The van der Waals surface area contributed by atoms with Crippen LogP contribution in [0.1, 0.15) is 12.8 Å². The first kappa shape index (κ1) is 17.1. The number of piperidine rings is 1. The van der Waals surface area contributed by atoms with Crippen LogP contribution < -0.4 is 5.43 Å². The highest BCUT2D eigenvalue weighted by Gasteiger charge is 2.20. The number of nitrogens with one attached hydrogen (secondary N) is 1. The summed E-state index contributed by atoms with van der Waals surface area (Å²) in [6.45, 7) is 2.21. The first-order valence-electron chi connectivity index (χ1n) is 8.90. The molecule has 0 aliphatic carbocycles. The van der Waals surface area contributed by atoms with Gasteiger partial charge in [-0.2, -0.15) is 9.89 Å². The van der Waals surface area contributed by atoms with Crippen LogP contribution in [0, 0.1) is 0 Å². The predicted octanol–water partition coefficient (Wildman–Crippen LogP) is 3.90. The van der Waals surface area contributed by atoms with Crippen molar-refractivity contribution in [2.75, 3.05) is 25.6 Å². The zero-order valence-corrected chi connectivity index (χ0v) is 15.5. The number of rotatable bonds is 4. The third kappa shape index (κ3) is 3.59. The molecule has 5 nitrogen and oxygen atoms in total. The van der Waals surface area contributed by atoms with Crippen LogP contribution >= 0.6 is 11.6 Å². The van der Waals surface area contributed by atoms with Gasteiger partial charge in [-0.3, -0.25) is 4.98 Å². The molecule has 1 fully saturated rings. The molecule has 6 heteroatoms. The van der Waals surface area contributed by atoms with Gasteiger partial charge in [0.15, 0.2) is 0 Å². The summed E-state index contributed by atoms with van der Waals surface area (Å²) in [6, 6.07) is 12.4. The van der Waals surface area contributed by atoms with E-state index in [-0.39, 0.29) is 0 Å². The van der Waals surface area contributed by atoms with E-state index in [2.05, 4.69) is 27.5 Å². The van der Waals surface area contributed by atoms with Gasteiger partial charge in [-0.15, -0.1) is 0 Å². The molecule has 1 saturated heterocycles. The van der Waals surface area contributed by atoms with Crippen LogP contribution in [0.15, 0.2) is 55.0 Å². The molecule has 0 bridgehead atoms. The number of hydrogen-bond acceptors (Lipinski definition) is 4. The van der Waals surface area contributed by atoms with E-state index in [1.165, 1.54) is 0 Å². The zero-order valence-electron chi connectivity index (χ0n) is 14.8. The van der Waals surface area contributed by atoms with Crippen molar-refractivity contribution < 1.29 is 0 Å². The molecule has 1 N–H and O–H groups in total. The van der Waals surface area contributed by atoms with Gasteiger partial charge < -0.3 is 10.3 Å². The highest BCUT2D eigenvalue weighted by atomic mass is 35.5. The summed E-state index contributed by atoms with van der Waals surface area (Å²) in [5.41, 5.74) is 7.91. The van der Waals surface area contributed by atoms with Gasteiger partial charge >= 0.3 is 0 Å². The topological polar surface area (TPSA) is 46.0 Å². The van der Waals surface area contributed by atoms with Crippen LogP contribution in [0.4, 0.5) is 0 Å². The molecule has 4 rings (SSSR count). The number of aromatic nitrogens is 3. The number of nitrogens with zero attached hydrogens (tertiary/aromatic N) is 4. The van der Waals surface area contributed by atoms with E-state index in [4.69, 9.17) is 11.6 Å². The minimum atomic E-state index is 0.419. The molecule has 1 aromatic carbocycles. The molecule has 0 atom stereocenters. The first-order chi connectivity index (χ1) is 12.7. The van der Waals surface area contributed by atoms with E-state index in [0.29, 0.717) is 6.04 Å². The third-order valence-corrected chi connectivity index (χ3v) is 5.15. The summed E-state index contributed by atoms with van der Waals surface area (Å²) in [5, 5.41) is 5.37. The second-order valence-electron chi connectivity index (χ2n) is 6.77. The van der Waals surface area contributed by atoms with Crippen LogP contribution in [-0.4, -0.2) is 46.0 Å². The monoisotopic (exact) mass is 367 g/mol. The van der Waals surface area contributed by atoms with Gasteiger partial charge in [0.25, 0.3) is 0 Å². The number of likely N-dealkylation sites (tertiary alicyclic amines) is 1. The molecule has 3 aromatic rings. The van der Waals surface area contributed by atoms with Gasteiger partial charge in [0.2, 0.25) is 0 Å². The molecular weight excluding hydrogens is 346 g/mol. The molecule has 0 saturated carbocycles. The lowest BCUT2D eigenvalue weighted by molar-refractivity contribution is 0.256. The third-order valence-electron chi connectivity index (χ3n) is 4.90. The van der Waals surface area contributed by atoms with E-state index in [1.54, 1.807) is 0 Å². The Bertz CT molecular complexity index is 852. The summed E-state index contributed by atoms with van der Waals surface area (Å²) in [4.78, 5) is 8.42. The molecule has 0 unspecified atom stereocenters. The Labute approximate surface area is 158 Å². The van der Waals surface area contributed by atoms with Gasteiger partial charge in [0, 0.05) is 34.6 Å². The number of pyridine rings is 1. The lowest BCUT2D eigenvalue weighted by Gasteiger charge is -2.30. The summed E-state index contributed by atoms with van der Waals surface area (Å²) in [7, 11) is 2.17. The van der Waals surface area contributed by atoms with Crippen molar-refractivity contribution in [2.45, 2.75) is 18.9 Å². The Hall–Kier alpha value is -2.37. The summed E-state index contributed by atoms with van der Waals surface area (Å²) < 4.78 is 0. The lowest BCUT2D eigenvalue weighted by atomic mass is 10.0. The fraction of sp³-hybridized carbons (Fsp3) is 0.300. The highest BCUT2D eigenvalue weighted by Crippen LogP contribution is 2.32. The van der Waals surface area contributed by atoms with E-state index >= 15 is 0 Å². The Morgan fingerprint density at radius 1 is 1.00 bits per heavy atom. The number of benzene rings is 1. The summed E-state index contributed by atoms with van der Waals surface area (Å²) in [5.74, 6) is 0. The van der Waals surface area contributed by atoms with Crippen molar-refractivity contribution in [1.82, 2.24) is 19.8 Å². The van der Waals surface area contributed by atoms with E-state index in [1.807, 2.05) is 59.8 Å². The Morgan fingerprint density at radius 3 is 2.38 bits per heavy atom. The fourth-order valence-electron chi connectivity index (χ4n) is 3.39. The Kier molecular flexibility index (Phi) is 4.91. The maximum atomic E-state index is 6.09. The van der Waals surface area contributed by atoms with Gasteiger partial charge in [-0.1, -0.05) is 23.7 Å². The van der Waals surface area contributed by atoms with Crippen LogP contribution in [-0.2, 0) is 0 Å². The van der Waals surface area contributed by atoms with Crippen molar-refractivity contribution in [1.29, 1.82) is 0 Å². The van der Waals surface area contributed by atoms with Crippen molar-refractivity contribution in [3.8, 4) is 22.4 Å². The van der Waals surface area contributed by atoms with Crippen molar-refractivity contribution in [3.63, 3.8) is 0 Å². The molecule has 0 spiro atoms. The van der Waals surface area contributed by atoms with Crippen molar-refractivity contribution >= 4 is 11.6 Å². The summed E-state index contributed by atoms with van der Waals surface area (Å²) >= 11 is 6.09. The van der Waals surface area contributed by atoms with E-state index < -0.39 is 0 Å². The van der Waals surface area contributed by atoms with E-state index in [0.717, 1.165) is 53.3 Å². The standard InChI is InChI=1S/C20H22ClN5/c1-25-12-8-18(9-13-25)24-26-20(16-2-4-17(21)5-3-16)19(14-23-26)15-6-10-22-11-7-15/h2-7,10-11,14,18,24H,8-9,12-13H2,1H3. The molecule has 0 radical (unpaired) electrons. The van der Waals surface area contributed by atoms with Gasteiger partial charge in [-0.05, 0) is 62.8 Å². The Balaban J connectivity index is 1.72. The SMILES string of the molecule is CN1CCC(Nn2ncc(-c3ccncc3)c2-c2ccc(Cl)cc2)CC1. The Morgan fingerprint density at radius 2 is 1.69 bits per heavy atom. The summed E-state index contributed by atoms with van der Waals surface area (Å²) in [6.07, 6.45) is 7.76. The molecule has 26 heavy (non-hydrogen) atoms. The maximum absolute atomic E-state index is 6.09. The molecule has 3 heterocycles. The lowest BCUT2D eigenvalue weighted by Crippen LogP contribution is -2.40. The van der Waals surface area contributed by atoms with Crippen LogP contribution in [0.5, 0.6) is 0 Å². The second-order valence-corrected chi connectivity index (χ2v) is 7.20. The molecule has 0 amide bonds. The smallest absolute Gasteiger partial charge is 0.0996 e. The minimum Gasteiger partial charge on any atom is -0.306 e. The average Bonchev–Trinajstić information content (AvgIpc) is 3.08. The minimum absolute atomic E-state index is 0.419. The molecule has 1 aliphatic rings. The quantitative estimate of drug-likeness (QED) is 0.759. The van der Waals surface area contributed by atoms with Crippen molar-refractivity contribution in [3.05, 3.63) is 60.0 Å². The number of halogens is 1. The zero-order chi connectivity index (χ0) is 17.9. The number of hydrogen-bond donors (Lipinski definition) is 1. The maximum Gasteiger partial charge on any atom is 0.0996 e. The average molecular weight is 368 g/mol. The van der Waals surface area contributed by atoms with Gasteiger partial charge in [0.1, 0.15) is 0 Å². The van der Waals surface area contributed by atoms with Crippen molar-refractivity contribution in [2.24, 2.45) is 0 Å². The van der Waals surface area contributed by atoms with Gasteiger partial charge in [-0.25, -0.2) is 0 Å². The van der Waals surface area contributed by atoms with E-state index in [9.17, 15) is 0 Å². The first-order valence-corrected chi connectivity index (χ1v) is 9.28. The van der Waals surface area contributed by atoms with Crippen LogP contribution in [0.3, 0.4) is 0 Å². The van der Waals surface area contributed by atoms with Crippen LogP contribution in [0.2, 0.25) is 5.02 Å². The fourth-order valence-corrected chi connectivity index (χ4v) is 3.51. The van der Waals surface area contributed by atoms with Gasteiger partial charge in [0.05, 0.1) is 11.9 Å². The molecule has 134 valence electrons. The molecule has 1 aliphatic heterocycles. The molecule has 2 aromatic heterocycles. The normalized spacial score (nSPS) is 15.9. The molecular formula is C20H22ClN5. The predicted molar refractivity (Wildman–Crippen MR) is 106 cm³/mol. The second kappa shape index (κ2) is 7.48. The van der Waals surface area contributed by atoms with Crippen LogP contribution in [0.25, 0.3) is 22.4 Å².